The molecule has 0 saturated carbocycles. The summed E-state index contributed by atoms with van der Waals surface area (Å²) in [4.78, 5) is 12.9. The molecule has 0 spiro atoms. The summed E-state index contributed by atoms with van der Waals surface area (Å²) in [6.07, 6.45) is 3.02. The van der Waals surface area contributed by atoms with E-state index >= 15 is 0 Å². The first-order valence-corrected chi connectivity index (χ1v) is 12.2. The highest BCUT2D eigenvalue weighted by atomic mass is 32.2. The molecule has 1 saturated heterocycles. The van der Waals surface area contributed by atoms with Gasteiger partial charge in [-0.2, -0.15) is 0 Å². The van der Waals surface area contributed by atoms with Gasteiger partial charge in [-0.05, 0) is 48.6 Å². The number of aromatic nitrogens is 2. The Morgan fingerprint density at radius 1 is 0.970 bits per heavy atom. The average Bonchev–Trinajstić information content (AvgIpc) is 2.85. The summed E-state index contributed by atoms with van der Waals surface area (Å²) in [5.74, 6) is 1.47. The van der Waals surface area contributed by atoms with Crippen molar-refractivity contribution >= 4 is 44.7 Å². The van der Waals surface area contributed by atoms with Crippen LogP contribution in [0.3, 0.4) is 0 Å². The molecule has 4 rings (SSSR count). The summed E-state index contributed by atoms with van der Waals surface area (Å²) in [6, 6.07) is 15.7. The van der Waals surface area contributed by atoms with Gasteiger partial charge in [0, 0.05) is 44.3 Å². The van der Waals surface area contributed by atoms with Crippen molar-refractivity contribution in [3.8, 4) is 5.75 Å². The van der Waals surface area contributed by atoms with Gasteiger partial charge in [-0.25, -0.2) is 18.4 Å². The molecule has 33 heavy (non-hydrogen) atoms. The molecule has 2 aromatic carbocycles. The van der Waals surface area contributed by atoms with Crippen LogP contribution < -0.4 is 19.7 Å². The zero-order chi connectivity index (χ0) is 23.3. The van der Waals surface area contributed by atoms with Crippen LogP contribution in [0, 0.1) is 0 Å². The summed E-state index contributed by atoms with van der Waals surface area (Å²) in [7, 11) is -2.14. The fourth-order valence-corrected chi connectivity index (χ4v) is 4.75. The maximum atomic E-state index is 12.8. The number of piperazine rings is 1. The molecule has 0 radical (unpaired) electrons. The van der Waals surface area contributed by atoms with Crippen LogP contribution in [0.5, 0.6) is 5.75 Å². The first-order valence-electron chi connectivity index (χ1n) is 10.3. The van der Waals surface area contributed by atoms with Crippen LogP contribution >= 0.6 is 12.2 Å². The van der Waals surface area contributed by atoms with Gasteiger partial charge in [0.25, 0.3) is 10.0 Å². The number of ether oxygens (including phenoxy) is 1. The minimum absolute atomic E-state index is 0.168. The molecule has 0 bridgehead atoms. The number of hydrogen-bond acceptors (Lipinski definition) is 7. The fraction of sp³-hybridized carbons (Fsp3) is 0.227. The Bertz CT molecular complexity index is 1200. The molecule has 11 heteroatoms. The highest BCUT2D eigenvalue weighted by molar-refractivity contribution is 7.92. The highest BCUT2D eigenvalue weighted by Crippen LogP contribution is 2.25. The fourth-order valence-electron chi connectivity index (χ4n) is 3.42. The van der Waals surface area contributed by atoms with Crippen LogP contribution in [0.4, 0.5) is 17.3 Å². The Morgan fingerprint density at radius 3 is 2.30 bits per heavy atom. The third kappa shape index (κ3) is 5.49. The maximum absolute atomic E-state index is 12.8. The van der Waals surface area contributed by atoms with Crippen LogP contribution in [0.2, 0.25) is 0 Å². The molecule has 3 aromatic rings. The van der Waals surface area contributed by atoms with Crippen LogP contribution in [0.15, 0.2) is 71.9 Å². The van der Waals surface area contributed by atoms with Gasteiger partial charge >= 0.3 is 0 Å². The summed E-state index contributed by atoms with van der Waals surface area (Å²) in [5, 5.41) is 3.87. The van der Waals surface area contributed by atoms with Crippen molar-refractivity contribution in [2.24, 2.45) is 0 Å². The first kappa shape index (κ1) is 22.7. The number of anilines is 3. The number of nitrogens with one attached hydrogen (secondary N) is 2. The van der Waals surface area contributed by atoms with Crippen LogP contribution in [0.25, 0.3) is 0 Å². The molecule has 0 unspecified atom stereocenters. The lowest BCUT2D eigenvalue weighted by Gasteiger charge is -2.37. The predicted octanol–water partition coefficient (Wildman–Crippen LogP) is 2.81. The molecule has 1 fully saturated rings. The van der Waals surface area contributed by atoms with Gasteiger partial charge in [-0.15, -0.1) is 0 Å². The summed E-state index contributed by atoms with van der Waals surface area (Å²) in [6.45, 7) is 2.54. The van der Waals surface area contributed by atoms with Crippen molar-refractivity contribution in [2.45, 2.75) is 4.90 Å². The SMILES string of the molecule is COc1ccc(NC(=S)N2CCN(c3nccnc3NS(=O)(=O)c3ccccc3)CC2)cc1. The smallest absolute Gasteiger partial charge is 0.263 e. The Hall–Kier alpha value is -3.44. The molecule has 1 aromatic heterocycles. The quantitative estimate of drug-likeness (QED) is 0.512. The monoisotopic (exact) mass is 484 g/mol. The number of hydrogen-bond donors (Lipinski definition) is 2. The van der Waals surface area contributed by atoms with Gasteiger partial charge < -0.3 is 19.9 Å². The van der Waals surface area contributed by atoms with Crippen molar-refractivity contribution in [2.75, 3.05) is 48.2 Å². The second-order valence-corrected chi connectivity index (χ2v) is 9.35. The minimum atomic E-state index is -3.77. The second kappa shape index (κ2) is 10.0. The number of rotatable bonds is 6. The van der Waals surface area contributed by atoms with Gasteiger partial charge in [0.1, 0.15) is 5.75 Å². The van der Waals surface area contributed by atoms with E-state index < -0.39 is 10.0 Å². The topological polar surface area (TPSA) is 99.7 Å². The van der Waals surface area contributed by atoms with E-state index in [1.165, 1.54) is 18.3 Å². The molecule has 0 amide bonds. The van der Waals surface area contributed by atoms with Crippen LogP contribution in [-0.2, 0) is 10.0 Å². The van der Waals surface area contributed by atoms with Crippen LogP contribution in [0.1, 0.15) is 0 Å². The van der Waals surface area contributed by atoms with Crippen molar-refractivity contribution in [1.82, 2.24) is 14.9 Å². The van der Waals surface area contributed by atoms with E-state index in [0.717, 1.165) is 11.4 Å². The molecular formula is C22H24N6O3S2. The highest BCUT2D eigenvalue weighted by Gasteiger charge is 2.24. The van der Waals surface area contributed by atoms with Gasteiger partial charge in [-0.3, -0.25) is 4.72 Å². The average molecular weight is 485 g/mol. The lowest BCUT2D eigenvalue weighted by molar-refractivity contribution is 0.389. The number of nitrogens with zero attached hydrogens (tertiary/aromatic N) is 4. The van der Waals surface area contributed by atoms with E-state index in [2.05, 4.69) is 24.9 Å². The zero-order valence-corrected chi connectivity index (χ0v) is 19.6. The van der Waals surface area contributed by atoms with E-state index in [9.17, 15) is 8.42 Å². The van der Waals surface area contributed by atoms with Crippen molar-refractivity contribution in [3.05, 3.63) is 67.0 Å². The molecule has 9 nitrogen and oxygen atoms in total. The first-order chi connectivity index (χ1) is 16.0. The summed E-state index contributed by atoms with van der Waals surface area (Å²) >= 11 is 5.57. The van der Waals surface area contributed by atoms with Crippen LogP contribution in [-0.4, -0.2) is 61.7 Å². The van der Waals surface area contributed by atoms with E-state index in [1.54, 1.807) is 31.5 Å². The largest absolute Gasteiger partial charge is 0.497 e. The molecule has 172 valence electrons. The van der Waals surface area contributed by atoms with E-state index in [4.69, 9.17) is 17.0 Å². The standard InChI is InChI=1S/C22H24N6O3S2/c1-31-18-9-7-17(8-10-18)25-22(32)28-15-13-27(14-16-28)21-20(23-11-12-24-21)26-33(29,30)19-5-3-2-4-6-19/h2-12H,13-16H2,1H3,(H,23,26)(H,25,32). The molecule has 2 N–H and O–H groups in total. The van der Waals surface area contributed by atoms with E-state index in [0.29, 0.717) is 37.1 Å². The van der Waals surface area contributed by atoms with Crippen molar-refractivity contribution in [3.63, 3.8) is 0 Å². The Balaban J connectivity index is 1.40. The number of sulfonamides is 1. The summed E-state index contributed by atoms with van der Waals surface area (Å²) < 4.78 is 33.3. The Morgan fingerprint density at radius 2 is 1.64 bits per heavy atom. The van der Waals surface area contributed by atoms with Gasteiger partial charge in [-0.1, -0.05) is 18.2 Å². The third-order valence-electron chi connectivity index (χ3n) is 5.17. The number of thiocarbonyl (C=S) groups is 1. The number of methoxy groups -OCH3 is 1. The van der Waals surface area contributed by atoms with Crippen molar-refractivity contribution < 1.29 is 13.2 Å². The predicted molar refractivity (Wildman–Crippen MR) is 132 cm³/mol. The molecule has 1 aliphatic rings. The van der Waals surface area contributed by atoms with E-state index in [1.807, 2.05) is 29.2 Å². The van der Waals surface area contributed by atoms with Gasteiger partial charge in [0.05, 0.1) is 12.0 Å². The molecule has 2 heterocycles. The molecule has 1 aliphatic heterocycles. The second-order valence-electron chi connectivity index (χ2n) is 7.28. The number of benzene rings is 2. The van der Waals surface area contributed by atoms with E-state index in [-0.39, 0.29) is 10.7 Å². The van der Waals surface area contributed by atoms with Crippen molar-refractivity contribution in [1.29, 1.82) is 0 Å². The van der Waals surface area contributed by atoms with Gasteiger partial charge in [0.2, 0.25) is 0 Å². The minimum Gasteiger partial charge on any atom is -0.497 e. The third-order valence-corrected chi connectivity index (χ3v) is 6.89. The normalized spacial score (nSPS) is 14.0. The Kier molecular flexibility index (Phi) is 6.90. The maximum Gasteiger partial charge on any atom is 0.263 e. The summed E-state index contributed by atoms with van der Waals surface area (Å²) in [5.41, 5.74) is 0.884. The lowest BCUT2D eigenvalue weighted by atomic mass is 10.3. The Labute approximate surface area is 198 Å². The molecular weight excluding hydrogens is 460 g/mol. The van der Waals surface area contributed by atoms with Gasteiger partial charge in [0.15, 0.2) is 16.7 Å². The zero-order valence-electron chi connectivity index (χ0n) is 18.0. The molecule has 0 atom stereocenters. The molecule has 0 aliphatic carbocycles. The lowest BCUT2D eigenvalue weighted by Crippen LogP contribution is -2.50.